The number of aliphatic hydroxyl groups excluding tert-OH is 4. The number of unbranched alkanes of at least 4 members (excludes halogenated alkanes) is 33. The van der Waals surface area contributed by atoms with Crippen molar-refractivity contribution < 1.29 is 25.2 Å². The molecule has 1 amide bonds. The minimum atomic E-state index is -1.29. The molecule has 0 aromatic carbocycles. The number of carbonyl (C=O) groups is 1. The van der Waals surface area contributed by atoms with Gasteiger partial charge in [-0.3, -0.25) is 4.79 Å². The van der Waals surface area contributed by atoms with Gasteiger partial charge in [-0.1, -0.05) is 249 Å². The van der Waals surface area contributed by atoms with E-state index in [2.05, 4.69) is 55.6 Å². The second-order valence-corrected chi connectivity index (χ2v) is 18.2. The zero-order valence-electron chi connectivity index (χ0n) is 40.0. The van der Waals surface area contributed by atoms with E-state index in [1.165, 1.54) is 180 Å². The van der Waals surface area contributed by atoms with Crippen LogP contribution in [0, 0.1) is 0 Å². The van der Waals surface area contributed by atoms with E-state index in [9.17, 15) is 25.2 Å². The summed E-state index contributed by atoms with van der Waals surface area (Å²) in [6, 6.07) is -1.01. The van der Waals surface area contributed by atoms with E-state index >= 15 is 0 Å². The molecule has 0 aliphatic carbocycles. The van der Waals surface area contributed by atoms with E-state index in [4.69, 9.17) is 0 Å². The monoisotopic (exact) mass is 846 g/mol. The summed E-state index contributed by atoms with van der Waals surface area (Å²) in [5, 5.41) is 43.7. The predicted octanol–water partition coefficient (Wildman–Crippen LogP) is 14.9. The van der Waals surface area contributed by atoms with Crippen molar-refractivity contribution in [2.45, 2.75) is 295 Å². The molecule has 0 fully saturated rings. The Morgan fingerprint density at radius 3 is 1.05 bits per heavy atom. The minimum absolute atomic E-state index is 0.362. The molecule has 0 saturated carbocycles. The fourth-order valence-corrected chi connectivity index (χ4v) is 8.15. The van der Waals surface area contributed by atoms with Crippen molar-refractivity contribution in [3.63, 3.8) is 0 Å². The van der Waals surface area contributed by atoms with Gasteiger partial charge in [0.1, 0.15) is 12.2 Å². The highest BCUT2D eigenvalue weighted by Crippen LogP contribution is 2.17. The molecule has 0 bridgehead atoms. The van der Waals surface area contributed by atoms with E-state index in [0.29, 0.717) is 19.3 Å². The largest absolute Gasteiger partial charge is 0.394 e. The van der Waals surface area contributed by atoms with Gasteiger partial charge in [0.05, 0.1) is 18.8 Å². The van der Waals surface area contributed by atoms with E-state index in [-0.39, 0.29) is 0 Å². The molecule has 0 saturated heterocycles. The first kappa shape index (κ1) is 58.5. The minimum Gasteiger partial charge on any atom is -0.394 e. The summed E-state index contributed by atoms with van der Waals surface area (Å²) in [5.41, 5.74) is 0. The fourth-order valence-electron chi connectivity index (χ4n) is 8.15. The van der Waals surface area contributed by atoms with E-state index in [1.54, 1.807) is 0 Å². The molecule has 0 aliphatic rings. The van der Waals surface area contributed by atoms with Crippen molar-refractivity contribution in [1.29, 1.82) is 0 Å². The SMILES string of the molecule is CCC/C=C/CC/C=C/CC/C=C/CCCC(O)C(O)C(CO)NC(=O)C(O)CCCCCCCCCCCCCCCCCCCCCCCCCCCCCCCC. The van der Waals surface area contributed by atoms with Crippen LogP contribution in [0.15, 0.2) is 36.5 Å². The maximum atomic E-state index is 12.5. The van der Waals surface area contributed by atoms with Gasteiger partial charge in [-0.15, -0.1) is 0 Å². The molecule has 0 spiro atoms. The lowest BCUT2D eigenvalue weighted by molar-refractivity contribution is -0.132. The number of amides is 1. The van der Waals surface area contributed by atoms with E-state index < -0.39 is 36.9 Å². The van der Waals surface area contributed by atoms with Gasteiger partial charge in [0.2, 0.25) is 5.91 Å². The highest BCUT2D eigenvalue weighted by atomic mass is 16.3. The molecule has 60 heavy (non-hydrogen) atoms. The molecule has 0 heterocycles. The molecule has 4 unspecified atom stereocenters. The number of hydrogen-bond acceptors (Lipinski definition) is 5. The van der Waals surface area contributed by atoms with Gasteiger partial charge in [-0.25, -0.2) is 0 Å². The smallest absolute Gasteiger partial charge is 0.249 e. The van der Waals surface area contributed by atoms with Crippen molar-refractivity contribution in [2.24, 2.45) is 0 Å². The first-order valence-electron chi connectivity index (χ1n) is 26.4. The van der Waals surface area contributed by atoms with Gasteiger partial charge in [-0.2, -0.15) is 0 Å². The van der Waals surface area contributed by atoms with Crippen LogP contribution in [0.25, 0.3) is 0 Å². The summed E-state index contributed by atoms with van der Waals surface area (Å²) < 4.78 is 0. The molecule has 5 N–H and O–H groups in total. The summed E-state index contributed by atoms with van der Waals surface area (Å²) in [7, 11) is 0. The molecular formula is C54H103NO5. The molecule has 0 aromatic heterocycles. The van der Waals surface area contributed by atoms with Crippen LogP contribution < -0.4 is 5.32 Å². The zero-order chi connectivity index (χ0) is 43.8. The van der Waals surface area contributed by atoms with E-state index in [1.807, 2.05) is 0 Å². The van der Waals surface area contributed by atoms with Gasteiger partial charge in [0.15, 0.2) is 0 Å². The zero-order valence-corrected chi connectivity index (χ0v) is 40.0. The Kier molecular flexibility index (Phi) is 47.4. The number of carbonyl (C=O) groups excluding carboxylic acids is 1. The van der Waals surface area contributed by atoms with Crippen molar-refractivity contribution in [1.82, 2.24) is 5.32 Å². The number of allylic oxidation sites excluding steroid dienone is 6. The van der Waals surface area contributed by atoms with E-state index in [0.717, 1.165) is 57.8 Å². The summed E-state index contributed by atoms with van der Waals surface area (Å²) in [4.78, 5) is 12.5. The third kappa shape index (κ3) is 41.9. The average molecular weight is 846 g/mol. The maximum absolute atomic E-state index is 12.5. The lowest BCUT2D eigenvalue weighted by Crippen LogP contribution is -2.53. The Labute approximate surface area is 373 Å². The van der Waals surface area contributed by atoms with Gasteiger partial charge in [0, 0.05) is 0 Å². The molecule has 354 valence electrons. The summed E-state index contributed by atoms with van der Waals surface area (Å²) in [5.74, 6) is -0.597. The Morgan fingerprint density at radius 2 is 0.717 bits per heavy atom. The van der Waals surface area contributed by atoms with Crippen LogP contribution in [-0.4, -0.2) is 57.3 Å². The van der Waals surface area contributed by atoms with Crippen LogP contribution in [0.1, 0.15) is 271 Å². The Balaban J connectivity index is 3.59. The van der Waals surface area contributed by atoms with Gasteiger partial charge < -0.3 is 25.7 Å². The number of nitrogens with one attached hydrogen (secondary N) is 1. The molecule has 0 rings (SSSR count). The fraction of sp³-hybridized carbons (Fsp3) is 0.870. The van der Waals surface area contributed by atoms with Crippen molar-refractivity contribution in [3.8, 4) is 0 Å². The summed E-state index contributed by atoms with van der Waals surface area (Å²) in [6.07, 6.45) is 59.3. The number of aliphatic hydroxyl groups is 4. The first-order chi connectivity index (χ1) is 29.5. The lowest BCUT2D eigenvalue weighted by atomic mass is 10.00. The van der Waals surface area contributed by atoms with Crippen LogP contribution in [0.2, 0.25) is 0 Å². The number of hydrogen-bond donors (Lipinski definition) is 5. The molecule has 4 atom stereocenters. The molecule has 0 radical (unpaired) electrons. The van der Waals surface area contributed by atoms with Crippen molar-refractivity contribution in [2.75, 3.05) is 6.61 Å². The van der Waals surface area contributed by atoms with Crippen LogP contribution >= 0.6 is 0 Å². The summed E-state index contributed by atoms with van der Waals surface area (Å²) >= 11 is 0. The van der Waals surface area contributed by atoms with Crippen LogP contribution in [0.3, 0.4) is 0 Å². The Bertz CT molecular complexity index is 950. The van der Waals surface area contributed by atoms with Crippen LogP contribution in [0.4, 0.5) is 0 Å². The first-order valence-corrected chi connectivity index (χ1v) is 26.4. The Morgan fingerprint density at radius 1 is 0.400 bits per heavy atom. The molecule has 6 nitrogen and oxygen atoms in total. The molecule has 0 aliphatic heterocycles. The normalized spacial score (nSPS) is 14.2. The van der Waals surface area contributed by atoms with Gasteiger partial charge in [-0.05, 0) is 57.8 Å². The highest BCUT2D eigenvalue weighted by molar-refractivity contribution is 5.80. The second kappa shape index (κ2) is 48.6. The third-order valence-corrected chi connectivity index (χ3v) is 12.3. The average Bonchev–Trinajstić information content (AvgIpc) is 3.25. The van der Waals surface area contributed by atoms with Crippen LogP contribution in [-0.2, 0) is 4.79 Å². The standard InChI is InChI=1S/C54H103NO5/c1-3-5-7-9-11-13-15-17-19-20-21-22-23-24-25-26-27-28-29-30-31-32-33-34-36-38-40-42-44-46-48-52(58)54(60)55-50(49-56)53(59)51(57)47-45-43-41-39-37-35-18-16-14-12-10-8-6-4-2/h8,10,16,18,39,41,50-53,56-59H,3-7,9,11-15,17,19-38,40,42-49H2,1-2H3,(H,55,60)/b10-8+,18-16+,41-39+. The molecule has 6 heteroatoms. The predicted molar refractivity (Wildman–Crippen MR) is 260 cm³/mol. The topological polar surface area (TPSA) is 110 Å². The quantitative estimate of drug-likeness (QED) is 0.0309. The number of rotatable bonds is 48. The van der Waals surface area contributed by atoms with Gasteiger partial charge >= 0.3 is 0 Å². The van der Waals surface area contributed by atoms with Crippen molar-refractivity contribution in [3.05, 3.63) is 36.5 Å². The van der Waals surface area contributed by atoms with Crippen LogP contribution in [0.5, 0.6) is 0 Å². The van der Waals surface area contributed by atoms with Crippen molar-refractivity contribution >= 4 is 5.91 Å². The molecule has 0 aromatic rings. The third-order valence-electron chi connectivity index (χ3n) is 12.3. The van der Waals surface area contributed by atoms with Gasteiger partial charge in [0.25, 0.3) is 0 Å². The maximum Gasteiger partial charge on any atom is 0.249 e. The Hall–Kier alpha value is -1.47. The second-order valence-electron chi connectivity index (χ2n) is 18.2. The summed E-state index contributed by atoms with van der Waals surface area (Å²) in [6.45, 7) is 3.99. The highest BCUT2D eigenvalue weighted by Gasteiger charge is 2.28. The lowest BCUT2D eigenvalue weighted by Gasteiger charge is -2.27. The molecular weight excluding hydrogens is 743 g/mol.